The topological polar surface area (TPSA) is 81.3 Å². The highest BCUT2D eigenvalue weighted by Crippen LogP contribution is 2.35. The van der Waals surface area contributed by atoms with E-state index in [1.54, 1.807) is 6.21 Å². The van der Waals surface area contributed by atoms with Crippen LogP contribution >= 0.6 is 0 Å². The molecule has 1 aromatic heterocycles. The zero-order chi connectivity index (χ0) is 27.8. The fourth-order valence-electron chi connectivity index (χ4n) is 4.08. The second-order valence-electron chi connectivity index (χ2n) is 8.90. The van der Waals surface area contributed by atoms with Gasteiger partial charge in [0.1, 0.15) is 23.7 Å². The Balaban J connectivity index is 1.38. The SMILES string of the molecule is CCCCc1oc2ccccc2c1/C=N\OCCCOc1ccc(C(=O)O)cc1-c1ccc(C(F)(F)F)cc1. The van der Waals surface area contributed by atoms with Crippen LogP contribution < -0.4 is 4.74 Å². The van der Waals surface area contributed by atoms with Gasteiger partial charge in [0.2, 0.25) is 0 Å². The molecular weight excluding hydrogens is 511 g/mol. The number of hydrogen-bond acceptors (Lipinski definition) is 5. The van der Waals surface area contributed by atoms with Gasteiger partial charge in [-0.3, -0.25) is 0 Å². The van der Waals surface area contributed by atoms with Crippen molar-refractivity contribution in [1.82, 2.24) is 0 Å². The summed E-state index contributed by atoms with van der Waals surface area (Å²) in [5.41, 5.74) is 1.70. The van der Waals surface area contributed by atoms with Crippen LogP contribution in [0.15, 0.2) is 76.3 Å². The number of fused-ring (bicyclic) bond motifs is 1. The van der Waals surface area contributed by atoms with Gasteiger partial charge >= 0.3 is 12.1 Å². The second kappa shape index (κ2) is 12.5. The number of benzene rings is 3. The van der Waals surface area contributed by atoms with Gasteiger partial charge in [-0.15, -0.1) is 0 Å². The molecule has 39 heavy (non-hydrogen) atoms. The van der Waals surface area contributed by atoms with Crippen molar-refractivity contribution in [3.8, 4) is 16.9 Å². The van der Waals surface area contributed by atoms with Gasteiger partial charge in [-0.2, -0.15) is 13.2 Å². The van der Waals surface area contributed by atoms with Gasteiger partial charge in [0.15, 0.2) is 0 Å². The van der Waals surface area contributed by atoms with Gasteiger partial charge < -0.3 is 19.1 Å². The Hall–Kier alpha value is -4.27. The molecule has 0 saturated heterocycles. The predicted octanol–water partition coefficient (Wildman–Crippen LogP) is 7.98. The highest BCUT2D eigenvalue weighted by molar-refractivity contribution is 5.99. The van der Waals surface area contributed by atoms with Crippen molar-refractivity contribution < 1.29 is 37.1 Å². The Labute approximate surface area is 223 Å². The van der Waals surface area contributed by atoms with E-state index >= 15 is 0 Å². The molecule has 0 bridgehead atoms. The molecule has 0 radical (unpaired) electrons. The van der Waals surface area contributed by atoms with Crippen molar-refractivity contribution in [3.05, 3.63) is 89.2 Å². The number of rotatable bonds is 12. The summed E-state index contributed by atoms with van der Waals surface area (Å²) in [6, 6.07) is 16.5. The Kier molecular flexibility index (Phi) is 8.91. The number of alkyl halides is 3. The third-order valence-electron chi connectivity index (χ3n) is 6.11. The van der Waals surface area contributed by atoms with Crippen molar-refractivity contribution in [1.29, 1.82) is 0 Å². The Morgan fingerprint density at radius 1 is 1.03 bits per heavy atom. The average molecular weight is 540 g/mol. The maximum Gasteiger partial charge on any atom is 0.416 e. The van der Waals surface area contributed by atoms with Gasteiger partial charge in [0.05, 0.1) is 23.9 Å². The highest BCUT2D eigenvalue weighted by atomic mass is 19.4. The van der Waals surface area contributed by atoms with Gasteiger partial charge in [0, 0.05) is 29.4 Å². The van der Waals surface area contributed by atoms with Crippen LogP contribution in [0.5, 0.6) is 5.75 Å². The Morgan fingerprint density at radius 2 is 1.79 bits per heavy atom. The van der Waals surface area contributed by atoms with E-state index in [0.717, 1.165) is 53.7 Å². The first kappa shape index (κ1) is 27.8. The van der Waals surface area contributed by atoms with Crippen LogP contribution in [0, 0.1) is 0 Å². The molecule has 0 aliphatic carbocycles. The molecule has 0 fully saturated rings. The molecule has 4 aromatic rings. The van der Waals surface area contributed by atoms with E-state index in [9.17, 15) is 23.1 Å². The number of carbonyl (C=O) groups is 1. The number of oxime groups is 1. The summed E-state index contributed by atoms with van der Waals surface area (Å²) in [6.07, 6.45) is 0.516. The molecule has 0 unspecified atom stereocenters. The molecule has 1 N–H and O–H groups in total. The number of ether oxygens (including phenoxy) is 1. The molecule has 204 valence electrons. The van der Waals surface area contributed by atoms with Crippen LogP contribution in [-0.2, 0) is 17.4 Å². The molecule has 6 nitrogen and oxygen atoms in total. The molecule has 0 aliphatic heterocycles. The fourth-order valence-corrected chi connectivity index (χ4v) is 4.08. The normalized spacial score (nSPS) is 11.8. The fraction of sp³-hybridized carbons (Fsp3) is 0.267. The third kappa shape index (κ3) is 6.98. The number of para-hydroxylation sites is 1. The highest BCUT2D eigenvalue weighted by Gasteiger charge is 2.30. The van der Waals surface area contributed by atoms with Gasteiger partial charge in [-0.1, -0.05) is 48.8 Å². The molecule has 9 heteroatoms. The molecular formula is C30H28F3NO5. The first-order valence-electron chi connectivity index (χ1n) is 12.6. The maximum atomic E-state index is 13.0. The molecule has 0 aliphatic rings. The lowest BCUT2D eigenvalue weighted by atomic mass is 10.0. The first-order chi connectivity index (χ1) is 18.8. The van der Waals surface area contributed by atoms with Crippen LogP contribution in [0.25, 0.3) is 22.1 Å². The molecule has 3 aromatic carbocycles. The van der Waals surface area contributed by atoms with Crippen molar-refractivity contribution >= 4 is 23.2 Å². The third-order valence-corrected chi connectivity index (χ3v) is 6.11. The van der Waals surface area contributed by atoms with Crippen LogP contribution in [0.1, 0.15) is 53.4 Å². The number of furan rings is 1. The van der Waals surface area contributed by atoms with Gasteiger partial charge in [-0.25, -0.2) is 4.79 Å². The largest absolute Gasteiger partial charge is 0.493 e. The quantitative estimate of drug-likeness (QED) is 0.112. The second-order valence-corrected chi connectivity index (χ2v) is 8.90. The number of carboxylic acids is 1. The van der Waals surface area contributed by atoms with Crippen LogP contribution in [0.2, 0.25) is 0 Å². The summed E-state index contributed by atoms with van der Waals surface area (Å²) in [7, 11) is 0. The van der Waals surface area contributed by atoms with Crippen LogP contribution in [0.4, 0.5) is 13.2 Å². The number of hydrogen-bond donors (Lipinski definition) is 1. The minimum atomic E-state index is -4.47. The number of carboxylic acid groups (broad SMARTS) is 1. The van der Waals surface area contributed by atoms with E-state index in [1.165, 1.54) is 30.3 Å². The smallest absolute Gasteiger partial charge is 0.416 e. The lowest BCUT2D eigenvalue weighted by Gasteiger charge is -2.13. The number of nitrogens with zero attached hydrogens (tertiary/aromatic N) is 1. The zero-order valence-corrected chi connectivity index (χ0v) is 21.3. The van der Waals surface area contributed by atoms with Crippen molar-refractivity contribution in [3.63, 3.8) is 0 Å². The number of halogens is 3. The van der Waals surface area contributed by atoms with Gasteiger partial charge in [0.25, 0.3) is 0 Å². The lowest BCUT2D eigenvalue weighted by Crippen LogP contribution is -2.05. The monoisotopic (exact) mass is 539 g/mol. The van der Waals surface area contributed by atoms with Gasteiger partial charge in [-0.05, 0) is 48.4 Å². The van der Waals surface area contributed by atoms with E-state index in [2.05, 4.69) is 12.1 Å². The zero-order valence-electron chi connectivity index (χ0n) is 21.3. The number of aryl methyl sites for hydroxylation is 1. The summed E-state index contributed by atoms with van der Waals surface area (Å²) < 4.78 is 50.7. The summed E-state index contributed by atoms with van der Waals surface area (Å²) >= 11 is 0. The van der Waals surface area contributed by atoms with Crippen molar-refractivity contribution in [2.45, 2.75) is 38.8 Å². The first-order valence-corrected chi connectivity index (χ1v) is 12.6. The Morgan fingerprint density at radius 3 is 2.51 bits per heavy atom. The predicted molar refractivity (Wildman–Crippen MR) is 142 cm³/mol. The number of aromatic carboxylic acids is 1. The standard InChI is InChI=1S/C30H28F3NO5/c1-2-3-8-28-25(23-7-4-5-9-27(23)39-28)19-34-38-17-6-16-37-26-15-12-21(29(35)36)18-24(26)20-10-13-22(14-11-20)30(31,32)33/h4-5,7,9-15,18-19H,2-3,6,8,16-17H2,1H3,(H,35,36)/b34-19-. The van der Waals surface area contributed by atoms with Crippen molar-refractivity contribution in [2.75, 3.05) is 13.2 Å². The van der Waals surface area contributed by atoms with Crippen LogP contribution in [0.3, 0.4) is 0 Å². The minimum absolute atomic E-state index is 0.00000460. The van der Waals surface area contributed by atoms with E-state index in [1.807, 2.05) is 24.3 Å². The summed E-state index contributed by atoms with van der Waals surface area (Å²) in [5.74, 6) is 0.0762. The summed E-state index contributed by atoms with van der Waals surface area (Å²) in [5, 5.41) is 14.4. The molecule has 0 atom stereocenters. The molecule has 4 rings (SSSR count). The summed E-state index contributed by atoms with van der Waals surface area (Å²) in [4.78, 5) is 16.9. The molecule has 1 heterocycles. The molecule has 0 saturated carbocycles. The Bertz CT molecular complexity index is 1440. The summed E-state index contributed by atoms with van der Waals surface area (Å²) in [6.45, 7) is 2.61. The van der Waals surface area contributed by atoms with E-state index in [4.69, 9.17) is 14.0 Å². The van der Waals surface area contributed by atoms with E-state index in [0.29, 0.717) is 23.3 Å². The maximum absolute atomic E-state index is 13.0. The minimum Gasteiger partial charge on any atom is -0.493 e. The van der Waals surface area contributed by atoms with E-state index in [-0.39, 0.29) is 18.8 Å². The van der Waals surface area contributed by atoms with Crippen LogP contribution in [-0.4, -0.2) is 30.5 Å². The van der Waals surface area contributed by atoms with E-state index < -0.39 is 17.7 Å². The average Bonchev–Trinajstić information content (AvgIpc) is 3.28. The molecule has 0 amide bonds. The number of unbranched alkanes of at least 4 members (excludes halogenated alkanes) is 1. The molecule has 0 spiro atoms. The lowest BCUT2D eigenvalue weighted by molar-refractivity contribution is -0.137. The van der Waals surface area contributed by atoms with Crippen molar-refractivity contribution in [2.24, 2.45) is 5.16 Å².